The van der Waals surface area contributed by atoms with Crippen LogP contribution in [0.15, 0.2) is 106 Å². The van der Waals surface area contributed by atoms with Gasteiger partial charge in [-0.3, -0.25) is 4.79 Å². The van der Waals surface area contributed by atoms with Crippen LogP contribution < -0.4 is 17.0 Å². The number of benzene rings is 4. The summed E-state index contributed by atoms with van der Waals surface area (Å²) in [6, 6.07) is 33.2. The minimum atomic E-state index is -0.795. The first kappa shape index (κ1) is 46.7. The van der Waals surface area contributed by atoms with E-state index in [4.69, 9.17) is 27.9 Å². The molecule has 0 heterocycles. The van der Waals surface area contributed by atoms with Gasteiger partial charge in [-0.1, -0.05) is 123 Å². The van der Waals surface area contributed by atoms with Crippen LogP contribution in [0, 0.1) is 33.8 Å². The van der Waals surface area contributed by atoms with Gasteiger partial charge >= 0.3 is 35.0 Å². The van der Waals surface area contributed by atoms with E-state index in [1.807, 2.05) is 62.4 Å². The molecule has 0 fully saturated rings. The molecule has 0 aliphatic carbocycles. The average molecular weight is 818 g/mol. The number of esters is 2. The molecule has 4 rings (SSSR count). The van der Waals surface area contributed by atoms with Gasteiger partial charge in [0.25, 0.3) is 5.78 Å². The van der Waals surface area contributed by atoms with E-state index in [9.17, 15) is 14.4 Å². The van der Waals surface area contributed by atoms with Gasteiger partial charge in [-0.15, -0.1) is 0 Å². The van der Waals surface area contributed by atoms with Gasteiger partial charge in [0, 0.05) is 10.0 Å². The van der Waals surface area contributed by atoms with Gasteiger partial charge in [0.1, 0.15) is 4.49 Å². The quantitative estimate of drug-likeness (QED) is 0.0547. The Morgan fingerprint density at radius 3 is 1.32 bits per heavy atom. The molecule has 0 aromatic heterocycles. The molecule has 0 saturated carbocycles. The van der Waals surface area contributed by atoms with E-state index in [2.05, 4.69) is 52.7 Å². The minimum absolute atomic E-state index is 0. The molecule has 47 heavy (non-hydrogen) atoms. The normalized spacial score (nSPS) is 9.04. The molecule has 0 saturated heterocycles. The van der Waals surface area contributed by atoms with E-state index >= 15 is 0 Å². The Morgan fingerprint density at radius 1 is 0.617 bits per heavy atom. The molecular weight excluding hydrogens is 779 g/mol. The van der Waals surface area contributed by atoms with Crippen molar-refractivity contribution in [1.29, 1.82) is 0 Å². The van der Waals surface area contributed by atoms with Crippen molar-refractivity contribution in [3.05, 3.63) is 145 Å². The molecular formula is C37H38Br2Cl2MgO5. The van der Waals surface area contributed by atoms with E-state index in [0.29, 0.717) is 11.1 Å². The summed E-state index contributed by atoms with van der Waals surface area (Å²) in [5, 5.41) is 0. The van der Waals surface area contributed by atoms with Crippen LogP contribution in [0.2, 0.25) is 0 Å². The molecule has 0 N–H and O–H groups in total. The average Bonchev–Trinajstić information content (AvgIpc) is 3.01. The van der Waals surface area contributed by atoms with Crippen molar-refractivity contribution >= 4 is 85.5 Å². The molecule has 0 bridgehead atoms. The molecule has 0 amide bonds. The molecule has 10 heteroatoms. The van der Waals surface area contributed by atoms with E-state index in [1.54, 1.807) is 50.2 Å². The van der Waals surface area contributed by atoms with Gasteiger partial charge in [-0.25, -0.2) is 9.59 Å². The Morgan fingerprint density at radius 2 is 0.979 bits per heavy atom. The Kier molecular flexibility index (Phi) is 26.3. The summed E-state index contributed by atoms with van der Waals surface area (Å²) < 4.78 is 10.5. The third-order valence-corrected chi connectivity index (χ3v) is 6.59. The number of hydrogen-bond acceptors (Lipinski definition) is 5. The molecule has 0 aliphatic rings. The second-order valence-electron chi connectivity index (χ2n) is 9.51. The number of ether oxygens (including phenoxy) is 2. The Bertz CT molecular complexity index is 1490. The van der Waals surface area contributed by atoms with Gasteiger partial charge in [0.15, 0.2) is 0 Å². The summed E-state index contributed by atoms with van der Waals surface area (Å²) in [5.41, 5.74) is 5.96. The number of carbonyl (C=O) groups excluding carboxylic acids is 3. The summed E-state index contributed by atoms with van der Waals surface area (Å²) in [7, 11) is 0. The first-order chi connectivity index (χ1) is 21.4. The summed E-state index contributed by atoms with van der Waals surface area (Å²) >= 11 is 14.7. The second-order valence-corrected chi connectivity index (χ2v) is 11.4. The molecule has 5 nitrogen and oxygen atoms in total. The minimum Gasteiger partial charge on any atom is -1.00 e. The van der Waals surface area contributed by atoms with Crippen molar-refractivity contribution in [3.63, 3.8) is 0 Å². The first-order valence-electron chi connectivity index (χ1n) is 14.1. The van der Waals surface area contributed by atoms with Gasteiger partial charge in [-0.05, 0) is 52.3 Å². The van der Waals surface area contributed by atoms with Crippen LogP contribution in [-0.4, -0.2) is 54.0 Å². The molecule has 4 aromatic rings. The topological polar surface area (TPSA) is 69.7 Å². The van der Waals surface area contributed by atoms with E-state index in [0.717, 1.165) is 15.6 Å². The van der Waals surface area contributed by atoms with Crippen LogP contribution >= 0.6 is 39.1 Å². The smallest absolute Gasteiger partial charge is 1.00 e. The van der Waals surface area contributed by atoms with Gasteiger partial charge in [0.2, 0.25) is 0 Å². The third kappa shape index (κ3) is 19.8. The maximum Gasteiger partial charge on any atom is 2.00 e. The van der Waals surface area contributed by atoms with Crippen molar-refractivity contribution in [1.82, 2.24) is 0 Å². The number of aryl methyl sites for hydroxylation is 4. The zero-order valence-corrected chi connectivity index (χ0v) is 33.5. The third-order valence-electron chi connectivity index (χ3n) is 5.68. The van der Waals surface area contributed by atoms with Crippen LogP contribution in [-0.2, 0) is 19.1 Å². The van der Waals surface area contributed by atoms with Crippen molar-refractivity contribution < 1.29 is 40.8 Å². The maximum absolute atomic E-state index is 11.6. The molecule has 0 aliphatic heterocycles. The monoisotopic (exact) mass is 814 g/mol. The number of ketones is 1. The van der Waals surface area contributed by atoms with Crippen LogP contribution in [0.1, 0.15) is 52.0 Å². The number of carbonyl (C=O) groups is 3. The van der Waals surface area contributed by atoms with Crippen LogP contribution in [0.3, 0.4) is 0 Å². The van der Waals surface area contributed by atoms with E-state index in [1.165, 1.54) is 11.1 Å². The molecule has 0 unspecified atom stereocenters. The van der Waals surface area contributed by atoms with Gasteiger partial charge < -0.3 is 26.5 Å². The Hall–Kier alpha value is -2.46. The number of Topliss-reactive ketones (excluding diaryl/α,β-unsaturated/α-hetero) is 1. The molecule has 0 spiro atoms. The molecule has 246 valence electrons. The Balaban J connectivity index is 0. The zero-order chi connectivity index (χ0) is 33.8. The maximum atomic E-state index is 11.6. The van der Waals surface area contributed by atoms with Crippen LogP contribution in [0.25, 0.3) is 5.57 Å². The summed E-state index contributed by atoms with van der Waals surface area (Å²) in [6.07, 6.45) is 0. The van der Waals surface area contributed by atoms with E-state index in [-0.39, 0.29) is 63.3 Å². The summed E-state index contributed by atoms with van der Waals surface area (Å²) in [6.45, 7) is 11.9. The fourth-order valence-corrected chi connectivity index (χ4v) is 3.89. The zero-order valence-electron chi connectivity index (χ0n) is 27.4. The fourth-order valence-electron chi connectivity index (χ4n) is 3.25. The number of halogens is 4. The van der Waals surface area contributed by atoms with E-state index < -0.39 is 17.7 Å². The number of rotatable bonds is 6. The van der Waals surface area contributed by atoms with Crippen molar-refractivity contribution in [2.75, 3.05) is 13.2 Å². The molecule has 4 aromatic carbocycles. The van der Waals surface area contributed by atoms with Gasteiger partial charge in [-0.2, -0.15) is 35.9 Å². The molecule has 0 atom stereocenters. The summed E-state index contributed by atoms with van der Waals surface area (Å²) in [4.78, 5) is 34.0. The van der Waals surface area contributed by atoms with Crippen LogP contribution in [0.5, 0.6) is 0 Å². The van der Waals surface area contributed by atoms with Crippen molar-refractivity contribution in [2.45, 2.75) is 41.5 Å². The second kappa shape index (κ2) is 26.5. The van der Waals surface area contributed by atoms with Crippen molar-refractivity contribution in [3.8, 4) is 0 Å². The predicted molar refractivity (Wildman–Crippen MR) is 193 cm³/mol. The number of hydrogen-bond donors (Lipinski definition) is 0. The van der Waals surface area contributed by atoms with Gasteiger partial charge in [0.05, 0.1) is 18.8 Å². The first-order valence-corrected chi connectivity index (χ1v) is 15.7. The summed E-state index contributed by atoms with van der Waals surface area (Å²) in [5.74, 6) is -1.89. The van der Waals surface area contributed by atoms with Crippen molar-refractivity contribution in [2.24, 2.45) is 0 Å². The Labute approximate surface area is 324 Å². The largest absolute Gasteiger partial charge is 2.00 e. The standard InChI is InChI=1S/C12H12Cl2O2.C11H12O3.C7H7Br.C7H7.BrH.Mg/c1-3-16-12(15)10(11(13)14)9-6-4-8(2)5-7-9;1-3-14-11(13)10(12)9-6-4-8(2)5-7-9;1-6-2-4-7(8)5-3-6;1-7-5-3-2-4-6-7;;/h4-7H,3H2,1-2H3;4-7H,3H2,1-2H3;2-5H,1H3;3-6H,1H3;1H;/q;;;-1;;+2/p-1. The predicted octanol–water partition coefficient (Wildman–Crippen LogP) is 6.62. The SMILES string of the molecule is CCOC(=O)C(=C(Cl)Cl)c1ccc(C)cc1.CCOC(=O)C(=O)c1ccc(C)cc1.Cc1cc[c-]cc1.Cc1ccc(Br)cc1.[Br-].[Mg+2]. The molecule has 0 radical (unpaired) electrons. The fraction of sp³-hybridized carbons (Fsp3) is 0.216. The van der Waals surface area contributed by atoms with Crippen LogP contribution in [0.4, 0.5) is 0 Å².